The smallest absolute Gasteiger partial charge is 0.0414 e. The van der Waals surface area contributed by atoms with E-state index in [0.29, 0.717) is 16.9 Å². The quantitative estimate of drug-likeness (QED) is 0.822. The lowest BCUT2D eigenvalue weighted by Crippen LogP contribution is -2.37. The Morgan fingerprint density at radius 1 is 1.33 bits per heavy atom. The van der Waals surface area contributed by atoms with Crippen LogP contribution in [0.5, 0.6) is 0 Å². The lowest BCUT2D eigenvalue weighted by Gasteiger charge is -2.38. The summed E-state index contributed by atoms with van der Waals surface area (Å²) < 4.78 is 0. The van der Waals surface area contributed by atoms with Gasteiger partial charge in [-0.2, -0.15) is 0 Å². The Kier molecular flexibility index (Phi) is 3.86. The second-order valence-corrected chi connectivity index (χ2v) is 5.97. The zero-order valence-corrected chi connectivity index (χ0v) is 11.9. The van der Waals surface area contributed by atoms with Crippen molar-refractivity contribution in [1.29, 1.82) is 0 Å². The highest BCUT2D eigenvalue weighted by Crippen LogP contribution is 2.31. The molecule has 0 radical (unpaired) electrons. The number of rotatable bonds is 2. The zero-order chi connectivity index (χ0) is 13.3. The van der Waals surface area contributed by atoms with Crippen molar-refractivity contribution in [2.75, 3.05) is 18.8 Å². The van der Waals surface area contributed by atoms with Gasteiger partial charge in [0.1, 0.15) is 0 Å². The minimum absolute atomic E-state index is 0.700. The predicted octanol–water partition coefficient (Wildman–Crippen LogP) is 3.87. The van der Waals surface area contributed by atoms with E-state index in [-0.39, 0.29) is 0 Å². The van der Waals surface area contributed by atoms with Crippen molar-refractivity contribution in [1.82, 2.24) is 4.90 Å². The summed E-state index contributed by atoms with van der Waals surface area (Å²) in [5.74, 6) is 1.40. The van der Waals surface area contributed by atoms with E-state index in [1.165, 1.54) is 6.42 Å². The first-order valence-electron chi connectivity index (χ1n) is 6.46. The van der Waals surface area contributed by atoms with Crippen LogP contribution < -0.4 is 5.73 Å². The lowest BCUT2D eigenvalue weighted by molar-refractivity contribution is 0.204. The van der Waals surface area contributed by atoms with Crippen LogP contribution in [0.4, 0.5) is 5.69 Å². The number of halogens is 1. The van der Waals surface area contributed by atoms with Crippen molar-refractivity contribution in [2.45, 2.75) is 20.3 Å². The van der Waals surface area contributed by atoms with Gasteiger partial charge in [-0.25, -0.2) is 0 Å². The Bertz CT molecular complexity index is 446. The second kappa shape index (κ2) is 5.23. The molecular formula is C15H21ClN2. The number of nitrogens with two attached hydrogens (primary N) is 1. The second-order valence-electron chi connectivity index (χ2n) is 5.53. The van der Waals surface area contributed by atoms with E-state index in [0.717, 1.165) is 30.0 Å². The van der Waals surface area contributed by atoms with E-state index in [4.69, 9.17) is 17.3 Å². The van der Waals surface area contributed by atoms with Crippen molar-refractivity contribution in [2.24, 2.45) is 11.8 Å². The highest BCUT2D eigenvalue weighted by molar-refractivity contribution is 6.30. The Balaban J connectivity index is 2.22. The summed E-state index contributed by atoms with van der Waals surface area (Å²) >= 11 is 6.04. The summed E-state index contributed by atoms with van der Waals surface area (Å²) in [4.78, 5) is 2.33. The molecule has 0 aromatic heterocycles. The summed E-state index contributed by atoms with van der Waals surface area (Å²) in [6, 6.07) is 5.57. The molecule has 0 bridgehead atoms. The number of likely N-dealkylation sites (tertiary alicyclic amines) is 1. The summed E-state index contributed by atoms with van der Waals surface area (Å²) in [5, 5.41) is 0.707. The van der Waals surface area contributed by atoms with Crippen LogP contribution in [0, 0.1) is 11.8 Å². The van der Waals surface area contributed by atoms with Gasteiger partial charge >= 0.3 is 0 Å². The first-order chi connectivity index (χ1) is 8.47. The summed E-state index contributed by atoms with van der Waals surface area (Å²) in [7, 11) is 0. The van der Waals surface area contributed by atoms with E-state index >= 15 is 0 Å². The van der Waals surface area contributed by atoms with E-state index in [2.05, 4.69) is 25.3 Å². The fourth-order valence-corrected chi connectivity index (χ4v) is 3.00. The highest BCUT2D eigenvalue weighted by atomic mass is 35.5. The molecule has 0 saturated carbocycles. The molecule has 1 aliphatic rings. The molecule has 1 aliphatic heterocycles. The minimum Gasteiger partial charge on any atom is -0.398 e. The maximum atomic E-state index is 6.04. The number of nitrogen functional groups attached to an aromatic ring is 1. The topological polar surface area (TPSA) is 29.3 Å². The molecule has 0 amide bonds. The Hall–Kier alpha value is -1.15. The van der Waals surface area contributed by atoms with Gasteiger partial charge in [0.25, 0.3) is 0 Å². The van der Waals surface area contributed by atoms with Gasteiger partial charge in [0.15, 0.2) is 0 Å². The number of nitrogens with zero attached hydrogens (tertiary/aromatic N) is 1. The molecule has 98 valence electrons. The van der Waals surface area contributed by atoms with Crippen molar-refractivity contribution in [3.63, 3.8) is 0 Å². The van der Waals surface area contributed by atoms with Crippen LogP contribution in [0.2, 0.25) is 5.02 Å². The molecule has 2 N–H and O–H groups in total. The van der Waals surface area contributed by atoms with Crippen LogP contribution in [0.15, 0.2) is 24.8 Å². The third-order valence-corrected chi connectivity index (χ3v) is 3.81. The van der Waals surface area contributed by atoms with Gasteiger partial charge in [0, 0.05) is 35.1 Å². The highest BCUT2D eigenvalue weighted by Gasteiger charge is 2.23. The SMILES string of the molecule is C=C(c1cc(Cl)ccc1N)N1C[C@H](C)C[C@H](C)C1. The minimum atomic E-state index is 0.700. The van der Waals surface area contributed by atoms with Gasteiger partial charge in [-0.1, -0.05) is 32.0 Å². The Labute approximate surface area is 114 Å². The number of hydrogen-bond acceptors (Lipinski definition) is 2. The van der Waals surface area contributed by atoms with Crippen LogP contribution in [0.1, 0.15) is 25.8 Å². The monoisotopic (exact) mass is 264 g/mol. The molecule has 2 nitrogen and oxygen atoms in total. The van der Waals surface area contributed by atoms with Gasteiger partial charge in [-0.3, -0.25) is 0 Å². The molecule has 18 heavy (non-hydrogen) atoms. The standard InChI is InChI=1S/C15H21ClN2/c1-10-6-11(2)9-18(8-10)12(3)14-7-13(16)4-5-15(14)17/h4-5,7,10-11H,3,6,8-9,17H2,1-2H3/t10-,11+. The normalized spacial score (nSPS) is 24.1. The van der Waals surface area contributed by atoms with Crippen LogP contribution >= 0.6 is 11.6 Å². The number of hydrogen-bond donors (Lipinski definition) is 1. The van der Waals surface area contributed by atoms with Crippen molar-refractivity contribution in [3.8, 4) is 0 Å². The number of benzene rings is 1. The fourth-order valence-electron chi connectivity index (χ4n) is 2.83. The molecule has 0 aliphatic carbocycles. The molecule has 1 fully saturated rings. The average Bonchev–Trinajstić information content (AvgIpc) is 2.30. The molecular weight excluding hydrogens is 244 g/mol. The van der Waals surface area contributed by atoms with Crippen molar-refractivity contribution in [3.05, 3.63) is 35.4 Å². The van der Waals surface area contributed by atoms with Gasteiger partial charge in [-0.15, -0.1) is 0 Å². The predicted molar refractivity (Wildman–Crippen MR) is 79.4 cm³/mol. The van der Waals surface area contributed by atoms with E-state index in [1.54, 1.807) is 0 Å². The molecule has 1 aromatic carbocycles. The third-order valence-electron chi connectivity index (χ3n) is 3.58. The molecule has 2 atom stereocenters. The number of piperidine rings is 1. The molecule has 1 saturated heterocycles. The maximum Gasteiger partial charge on any atom is 0.0414 e. The maximum absolute atomic E-state index is 6.04. The zero-order valence-electron chi connectivity index (χ0n) is 11.1. The largest absolute Gasteiger partial charge is 0.398 e. The Morgan fingerprint density at radius 3 is 2.56 bits per heavy atom. The van der Waals surface area contributed by atoms with Crippen LogP contribution in [0.3, 0.4) is 0 Å². The molecule has 1 aromatic rings. The van der Waals surface area contributed by atoms with Crippen LogP contribution in [-0.2, 0) is 0 Å². The molecule has 1 heterocycles. The summed E-state index contributed by atoms with van der Waals surface area (Å²) in [5.41, 5.74) is 8.72. The lowest BCUT2D eigenvalue weighted by atomic mass is 9.91. The van der Waals surface area contributed by atoms with Crippen molar-refractivity contribution < 1.29 is 0 Å². The van der Waals surface area contributed by atoms with Crippen LogP contribution in [-0.4, -0.2) is 18.0 Å². The molecule has 3 heteroatoms. The number of anilines is 1. The van der Waals surface area contributed by atoms with Gasteiger partial charge in [0.05, 0.1) is 0 Å². The Morgan fingerprint density at radius 2 is 1.94 bits per heavy atom. The van der Waals surface area contributed by atoms with E-state index in [9.17, 15) is 0 Å². The first-order valence-corrected chi connectivity index (χ1v) is 6.84. The summed E-state index contributed by atoms with van der Waals surface area (Å²) in [6.45, 7) is 10.9. The van der Waals surface area contributed by atoms with Gasteiger partial charge in [0.2, 0.25) is 0 Å². The van der Waals surface area contributed by atoms with Crippen LogP contribution in [0.25, 0.3) is 5.70 Å². The first kappa shape index (κ1) is 13.3. The van der Waals surface area contributed by atoms with E-state index in [1.807, 2.05) is 18.2 Å². The van der Waals surface area contributed by atoms with Gasteiger partial charge < -0.3 is 10.6 Å². The molecule has 0 spiro atoms. The fraction of sp³-hybridized carbons (Fsp3) is 0.467. The van der Waals surface area contributed by atoms with E-state index < -0.39 is 0 Å². The molecule has 2 rings (SSSR count). The average molecular weight is 265 g/mol. The molecule has 0 unspecified atom stereocenters. The third kappa shape index (κ3) is 2.81. The summed E-state index contributed by atoms with van der Waals surface area (Å²) in [6.07, 6.45) is 1.29. The van der Waals surface area contributed by atoms with Gasteiger partial charge in [-0.05, 0) is 36.5 Å². The van der Waals surface area contributed by atoms with Crippen molar-refractivity contribution >= 4 is 23.0 Å².